The van der Waals surface area contributed by atoms with Gasteiger partial charge in [0.2, 0.25) is 0 Å². The molecule has 0 aliphatic heterocycles. The molecule has 0 saturated heterocycles. The molecule has 31 heavy (non-hydrogen) atoms. The maximum absolute atomic E-state index is 12.9. The second kappa shape index (κ2) is 10.5. The molecule has 0 saturated carbocycles. The van der Waals surface area contributed by atoms with Crippen LogP contribution in [0.5, 0.6) is 0 Å². The van der Waals surface area contributed by atoms with E-state index in [2.05, 4.69) is 22.2 Å². The van der Waals surface area contributed by atoms with E-state index < -0.39 is 10.0 Å². The van der Waals surface area contributed by atoms with Crippen LogP contribution in [-0.4, -0.2) is 26.6 Å². The first-order valence-corrected chi connectivity index (χ1v) is 12.6. The van der Waals surface area contributed by atoms with Crippen LogP contribution in [0.3, 0.4) is 0 Å². The molecule has 0 unspecified atom stereocenters. The van der Waals surface area contributed by atoms with Crippen LogP contribution in [0.2, 0.25) is 0 Å². The highest BCUT2D eigenvalue weighted by Gasteiger charge is 2.20. The van der Waals surface area contributed by atoms with E-state index in [0.717, 1.165) is 17.1 Å². The Morgan fingerprint density at radius 3 is 2.35 bits per heavy atom. The number of para-hydroxylation sites is 1. The summed E-state index contributed by atoms with van der Waals surface area (Å²) >= 11 is 1.74. The predicted molar refractivity (Wildman–Crippen MR) is 128 cm³/mol. The van der Waals surface area contributed by atoms with E-state index in [-0.39, 0.29) is 10.8 Å². The van der Waals surface area contributed by atoms with Crippen LogP contribution in [-0.2, 0) is 15.8 Å². The minimum Gasteiger partial charge on any atom is -0.351 e. The van der Waals surface area contributed by atoms with Gasteiger partial charge in [-0.3, -0.25) is 9.52 Å². The minimum absolute atomic E-state index is 0.0989. The summed E-state index contributed by atoms with van der Waals surface area (Å²) in [5.41, 5.74) is 3.49. The molecule has 1 amide bonds. The Morgan fingerprint density at radius 1 is 0.903 bits per heavy atom. The van der Waals surface area contributed by atoms with Crippen molar-refractivity contribution < 1.29 is 13.2 Å². The summed E-state index contributed by atoms with van der Waals surface area (Å²) < 4.78 is 28.5. The molecule has 162 valence electrons. The Balaban J connectivity index is 1.61. The van der Waals surface area contributed by atoms with E-state index in [1.165, 1.54) is 11.6 Å². The lowest BCUT2D eigenvalue weighted by molar-refractivity contribution is 0.0956. The lowest BCUT2D eigenvalue weighted by Crippen LogP contribution is -2.26. The number of aryl methyl sites for hydroxylation is 2. The number of carbonyl (C=O) groups excluding carboxylic acids is 1. The standard InChI is InChI=1S/C24H26N2O3S2/c1-18-8-6-7-11-22(18)26-31(28,29)23-16-21(13-12-19(23)2)24(27)25-14-15-30-17-20-9-4-3-5-10-20/h3-13,16,26H,14-15,17H2,1-2H3,(H,25,27). The summed E-state index contributed by atoms with van der Waals surface area (Å²) in [6.07, 6.45) is 0. The number of carbonyl (C=O) groups is 1. The molecule has 3 aromatic carbocycles. The zero-order valence-electron chi connectivity index (χ0n) is 17.6. The van der Waals surface area contributed by atoms with Gasteiger partial charge in [-0.15, -0.1) is 0 Å². The molecule has 0 bridgehead atoms. The van der Waals surface area contributed by atoms with Crippen LogP contribution in [0.15, 0.2) is 77.7 Å². The van der Waals surface area contributed by atoms with Crippen molar-refractivity contribution in [3.05, 3.63) is 95.1 Å². The van der Waals surface area contributed by atoms with Gasteiger partial charge in [-0.1, -0.05) is 54.6 Å². The molecule has 0 aliphatic carbocycles. The lowest BCUT2D eigenvalue weighted by atomic mass is 10.1. The maximum atomic E-state index is 12.9. The van der Waals surface area contributed by atoms with E-state index in [1.807, 2.05) is 37.3 Å². The van der Waals surface area contributed by atoms with Crippen LogP contribution in [0.25, 0.3) is 0 Å². The SMILES string of the molecule is Cc1ccccc1NS(=O)(=O)c1cc(C(=O)NCCSCc2ccccc2)ccc1C. The van der Waals surface area contributed by atoms with Gasteiger partial charge in [0.1, 0.15) is 0 Å². The van der Waals surface area contributed by atoms with Crippen molar-refractivity contribution in [1.82, 2.24) is 5.32 Å². The molecule has 0 radical (unpaired) electrons. The Kier molecular flexibility index (Phi) is 7.76. The molecule has 0 aromatic heterocycles. The monoisotopic (exact) mass is 454 g/mol. The molecule has 0 spiro atoms. The Bertz CT molecular complexity index is 1150. The Morgan fingerprint density at radius 2 is 1.61 bits per heavy atom. The number of rotatable bonds is 9. The van der Waals surface area contributed by atoms with Gasteiger partial charge < -0.3 is 5.32 Å². The molecule has 7 heteroatoms. The molecule has 3 aromatic rings. The Hall–Kier alpha value is -2.77. The predicted octanol–water partition coefficient (Wildman–Crippen LogP) is 4.77. The van der Waals surface area contributed by atoms with E-state index in [1.54, 1.807) is 43.0 Å². The van der Waals surface area contributed by atoms with E-state index in [9.17, 15) is 13.2 Å². The van der Waals surface area contributed by atoms with Crippen LogP contribution in [0, 0.1) is 13.8 Å². The highest BCUT2D eigenvalue weighted by Crippen LogP contribution is 2.23. The molecule has 2 N–H and O–H groups in total. The molecular weight excluding hydrogens is 428 g/mol. The lowest BCUT2D eigenvalue weighted by Gasteiger charge is -2.13. The van der Waals surface area contributed by atoms with Crippen LogP contribution >= 0.6 is 11.8 Å². The summed E-state index contributed by atoms with van der Waals surface area (Å²) in [4.78, 5) is 12.6. The zero-order valence-corrected chi connectivity index (χ0v) is 19.2. The number of anilines is 1. The van der Waals surface area contributed by atoms with E-state index in [4.69, 9.17) is 0 Å². The normalized spacial score (nSPS) is 11.2. The maximum Gasteiger partial charge on any atom is 0.262 e. The minimum atomic E-state index is -3.82. The fourth-order valence-electron chi connectivity index (χ4n) is 3.02. The van der Waals surface area contributed by atoms with Crippen molar-refractivity contribution in [1.29, 1.82) is 0 Å². The first-order valence-electron chi connectivity index (χ1n) is 9.96. The van der Waals surface area contributed by atoms with Crippen LogP contribution in [0.1, 0.15) is 27.0 Å². The van der Waals surface area contributed by atoms with E-state index >= 15 is 0 Å². The number of benzene rings is 3. The van der Waals surface area contributed by atoms with Gasteiger partial charge in [0.15, 0.2) is 0 Å². The van der Waals surface area contributed by atoms with Crippen molar-refractivity contribution in [2.24, 2.45) is 0 Å². The summed E-state index contributed by atoms with van der Waals surface area (Å²) in [5, 5.41) is 2.87. The first kappa shape index (κ1) is 22.9. The quantitative estimate of drug-likeness (QED) is 0.457. The fraction of sp³-hybridized carbons (Fsp3) is 0.208. The highest BCUT2D eigenvalue weighted by atomic mass is 32.2. The molecule has 0 fully saturated rings. The second-order valence-electron chi connectivity index (χ2n) is 7.19. The third-order valence-corrected chi connectivity index (χ3v) is 7.31. The van der Waals surface area contributed by atoms with Crippen LogP contribution in [0.4, 0.5) is 5.69 Å². The number of sulfonamides is 1. The van der Waals surface area contributed by atoms with Crippen LogP contribution < -0.4 is 10.0 Å². The molecule has 0 aliphatic rings. The number of hydrogen-bond donors (Lipinski definition) is 2. The summed E-state index contributed by atoms with van der Waals surface area (Å²) in [5.74, 6) is 1.37. The number of hydrogen-bond acceptors (Lipinski definition) is 4. The second-order valence-corrected chi connectivity index (χ2v) is 9.95. The molecule has 0 heterocycles. The van der Waals surface area contributed by atoms with Crippen molar-refractivity contribution >= 4 is 33.4 Å². The van der Waals surface area contributed by atoms with Gasteiger partial charge in [-0.25, -0.2) is 8.42 Å². The van der Waals surface area contributed by atoms with Gasteiger partial charge in [-0.05, 0) is 48.7 Å². The van der Waals surface area contributed by atoms with Crippen molar-refractivity contribution in [2.45, 2.75) is 24.5 Å². The molecule has 5 nitrogen and oxygen atoms in total. The van der Waals surface area contributed by atoms with Crippen molar-refractivity contribution in [3.8, 4) is 0 Å². The molecular formula is C24H26N2O3S2. The topological polar surface area (TPSA) is 75.3 Å². The zero-order chi connectivity index (χ0) is 22.3. The van der Waals surface area contributed by atoms with Gasteiger partial charge >= 0.3 is 0 Å². The fourth-order valence-corrected chi connectivity index (χ4v) is 5.24. The van der Waals surface area contributed by atoms with Gasteiger partial charge in [0.25, 0.3) is 15.9 Å². The molecule has 3 rings (SSSR count). The van der Waals surface area contributed by atoms with Crippen molar-refractivity contribution in [3.63, 3.8) is 0 Å². The highest BCUT2D eigenvalue weighted by molar-refractivity contribution is 7.98. The van der Waals surface area contributed by atoms with Gasteiger partial charge in [-0.2, -0.15) is 11.8 Å². The summed E-state index contributed by atoms with van der Waals surface area (Å²) in [7, 11) is -3.82. The summed E-state index contributed by atoms with van der Waals surface area (Å²) in [6.45, 7) is 4.06. The number of nitrogens with one attached hydrogen (secondary N) is 2. The number of amides is 1. The van der Waals surface area contributed by atoms with Crippen molar-refractivity contribution in [2.75, 3.05) is 17.0 Å². The Labute approximate surface area is 188 Å². The average Bonchev–Trinajstić information content (AvgIpc) is 2.76. The largest absolute Gasteiger partial charge is 0.351 e. The first-order chi connectivity index (χ1) is 14.9. The molecule has 0 atom stereocenters. The van der Waals surface area contributed by atoms with Gasteiger partial charge in [0, 0.05) is 23.6 Å². The average molecular weight is 455 g/mol. The smallest absolute Gasteiger partial charge is 0.262 e. The summed E-state index contributed by atoms with van der Waals surface area (Å²) in [6, 6.07) is 22.1. The van der Waals surface area contributed by atoms with Gasteiger partial charge in [0.05, 0.1) is 10.6 Å². The third kappa shape index (κ3) is 6.35. The third-order valence-electron chi connectivity index (χ3n) is 4.77. The van der Waals surface area contributed by atoms with E-state index in [0.29, 0.717) is 23.4 Å². The number of thioether (sulfide) groups is 1.